The number of hydrogen-bond acceptors (Lipinski definition) is 4. The van der Waals surface area contributed by atoms with Crippen molar-refractivity contribution in [1.29, 1.82) is 0 Å². The van der Waals surface area contributed by atoms with Crippen LogP contribution in [0.15, 0.2) is 36.5 Å². The first-order chi connectivity index (χ1) is 8.81. The van der Waals surface area contributed by atoms with Crippen molar-refractivity contribution in [2.24, 2.45) is 0 Å². The molecule has 5 nitrogen and oxygen atoms in total. The maximum absolute atomic E-state index is 11.8. The second kappa shape index (κ2) is 6.09. The smallest absolute Gasteiger partial charge is 0.274 e. The van der Waals surface area contributed by atoms with Crippen LogP contribution >= 0.6 is 0 Å². The molecule has 0 spiro atoms. The second-order valence-electron chi connectivity index (χ2n) is 3.68. The molecule has 0 aliphatic carbocycles. The van der Waals surface area contributed by atoms with Gasteiger partial charge in [-0.1, -0.05) is 6.07 Å². The first-order valence-electron chi connectivity index (χ1n) is 5.57. The maximum atomic E-state index is 11.8. The van der Waals surface area contributed by atoms with Crippen molar-refractivity contribution in [1.82, 2.24) is 10.5 Å². The Morgan fingerprint density at radius 2 is 2.22 bits per heavy atom. The predicted octanol–water partition coefficient (Wildman–Crippen LogP) is 1.54. The third kappa shape index (κ3) is 3.03. The minimum absolute atomic E-state index is 0.281. The van der Waals surface area contributed by atoms with Crippen LogP contribution in [0.5, 0.6) is 0 Å². The van der Waals surface area contributed by atoms with Crippen molar-refractivity contribution in [3.8, 4) is 0 Å². The topological polar surface area (TPSA) is 60.5 Å². The number of nitrogens with zero attached hydrogens (tertiary/aromatic N) is 1. The maximum Gasteiger partial charge on any atom is 0.274 e. The van der Waals surface area contributed by atoms with Crippen LogP contribution in [0.4, 0.5) is 0 Å². The molecule has 1 aromatic carbocycles. The number of ether oxygens (including phenoxy) is 1. The molecule has 2 aromatic rings. The fourth-order valence-corrected chi connectivity index (χ4v) is 1.52. The van der Waals surface area contributed by atoms with Crippen molar-refractivity contribution >= 4 is 16.8 Å². The van der Waals surface area contributed by atoms with Crippen molar-refractivity contribution in [2.75, 3.05) is 20.3 Å². The van der Waals surface area contributed by atoms with Gasteiger partial charge in [-0.3, -0.25) is 14.6 Å². The molecule has 0 bridgehead atoms. The summed E-state index contributed by atoms with van der Waals surface area (Å²) < 4.78 is 4.80. The standard InChI is InChI=1S/C13H14N2O3/c1-17-7-8-18-15-13(16)11-4-5-12-10(9-11)3-2-6-14-12/h2-6,9H,7-8H2,1H3,(H,15,16). The van der Waals surface area contributed by atoms with Crippen LogP contribution in [0.2, 0.25) is 0 Å². The highest BCUT2D eigenvalue weighted by Crippen LogP contribution is 2.13. The third-order valence-corrected chi connectivity index (χ3v) is 2.42. The zero-order chi connectivity index (χ0) is 12.8. The molecule has 5 heteroatoms. The van der Waals surface area contributed by atoms with E-state index in [1.807, 2.05) is 12.1 Å². The van der Waals surface area contributed by atoms with Gasteiger partial charge < -0.3 is 4.74 Å². The minimum Gasteiger partial charge on any atom is -0.382 e. The summed E-state index contributed by atoms with van der Waals surface area (Å²) in [7, 11) is 1.57. The molecule has 0 saturated carbocycles. The van der Waals surface area contributed by atoms with Crippen LogP contribution in [-0.4, -0.2) is 31.2 Å². The van der Waals surface area contributed by atoms with Gasteiger partial charge >= 0.3 is 0 Å². The van der Waals surface area contributed by atoms with Gasteiger partial charge in [-0.15, -0.1) is 0 Å². The first kappa shape index (κ1) is 12.5. The molecule has 94 valence electrons. The average Bonchev–Trinajstić information content (AvgIpc) is 2.43. The number of pyridine rings is 1. The Labute approximate surface area is 105 Å². The van der Waals surface area contributed by atoms with Gasteiger partial charge in [0.15, 0.2) is 0 Å². The first-order valence-corrected chi connectivity index (χ1v) is 5.57. The molecule has 0 unspecified atom stereocenters. The van der Waals surface area contributed by atoms with E-state index in [9.17, 15) is 4.79 Å². The van der Waals surface area contributed by atoms with Gasteiger partial charge in [0, 0.05) is 24.3 Å². The molecule has 0 aliphatic rings. The van der Waals surface area contributed by atoms with Crippen LogP contribution in [0.1, 0.15) is 10.4 Å². The molecular formula is C13H14N2O3. The molecule has 1 amide bonds. The SMILES string of the molecule is COCCONC(=O)c1ccc2ncccc2c1. The molecule has 0 aliphatic heterocycles. The van der Waals surface area contributed by atoms with Gasteiger partial charge in [0.05, 0.1) is 18.7 Å². The lowest BCUT2D eigenvalue weighted by molar-refractivity contribution is 0.00889. The summed E-state index contributed by atoms with van der Waals surface area (Å²) in [4.78, 5) is 20.9. The number of fused-ring (bicyclic) bond motifs is 1. The molecular weight excluding hydrogens is 232 g/mol. The largest absolute Gasteiger partial charge is 0.382 e. The monoisotopic (exact) mass is 246 g/mol. The summed E-state index contributed by atoms with van der Waals surface area (Å²) in [5.74, 6) is -0.281. The number of aromatic nitrogens is 1. The zero-order valence-corrected chi connectivity index (χ0v) is 10.1. The summed E-state index contributed by atoms with van der Waals surface area (Å²) in [6, 6.07) is 9.03. The molecule has 0 saturated heterocycles. The fraction of sp³-hybridized carbons (Fsp3) is 0.231. The van der Waals surface area contributed by atoms with E-state index in [1.165, 1.54) is 0 Å². The minimum atomic E-state index is -0.281. The Kier molecular flexibility index (Phi) is 4.22. The van der Waals surface area contributed by atoms with E-state index < -0.39 is 0 Å². The summed E-state index contributed by atoms with van der Waals surface area (Å²) in [5, 5.41) is 0.919. The lowest BCUT2D eigenvalue weighted by Gasteiger charge is -2.06. The fourth-order valence-electron chi connectivity index (χ4n) is 1.52. The average molecular weight is 246 g/mol. The van der Waals surface area contributed by atoms with Crippen molar-refractivity contribution in [2.45, 2.75) is 0 Å². The number of hydrogen-bond donors (Lipinski definition) is 1. The van der Waals surface area contributed by atoms with Crippen molar-refractivity contribution in [3.05, 3.63) is 42.1 Å². The summed E-state index contributed by atoms with van der Waals surface area (Å²) >= 11 is 0. The van der Waals surface area contributed by atoms with Crippen LogP contribution in [0.25, 0.3) is 10.9 Å². The van der Waals surface area contributed by atoms with Gasteiger partial charge in [0.25, 0.3) is 5.91 Å². The molecule has 18 heavy (non-hydrogen) atoms. The number of amides is 1. The lowest BCUT2D eigenvalue weighted by atomic mass is 10.1. The van der Waals surface area contributed by atoms with E-state index in [0.29, 0.717) is 18.8 Å². The molecule has 0 atom stereocenters. The van der Waals surface area contributed by atoms with E-state index in [2.05, 4.69) is 10.5 Å². The third-order valence-electron chi connectivity index (χ3n) is 2.42. The Morgan fingerprint density at radius 1 is 1.33 bits per heavy atom. The number of carbonyl (C=O) groups excluding carboxylic acids is 1. The highest BCUT2D eigenvalue weighted by Gasteiger charge is 2.06. The predicted molar refractivity (Wildman–Crippen MR) is 67.0 cm³/mol. The van der Waals surface area contributed by atoms with Crippen LogP contribution in [0.3, 0.4) is 0 Å². The molecule has 1 aromatic heterocycles. The zero-order valence-electron chi connectivity index (χ0n) is 10.1. The van der Waals surface area contributed by atoms with E-state index in [-0.39, 0.29) is 5.91 Å². The van der Waals surface area contributed by atoms with Gasteiger partial charge in [-0.05, 0) is 24.3 Å². The number of nitrogens with one attached hydrogen (secondary N) is 1. The molecule has 1 heterocycles. The van der Waals surface area contributed by atoms with Gasteiger partial charge in [0.2, 0.25) is 0 Å². The van der Waals surface area contributed by atoms with Crippen molar-refractivity contribution < 1.29 is 14.4 Å². The van der Waals surface area contributed by atoms with Crippen molar-refractivity contribution in [3.63, 3.8) is 0 Å². The van der Waals surface area contributed by atoms with E-state index in [0.717, 1.165) is 10.9 Å². The highest BCUT2D eigenvalue weighted by atomic mass is 16.7. The number of rotatable bonds is 5. The molecule has 0 radical (unpaired) electrons. The van der Waals surface area contributed by atoms with Gasteiger partial charge in [-0.25, -0.2) is 5.48 Å². The van der Waals surface area contributed by atoms with Gasteiger partial charge in [0.1, 0.15) is 0 Å². The van der Waals surface area contributed by atoms with Gasteiger partial charge in [-0.2, -0.15) is 0 Å². The Morgan fingerprint density at radius 3 is 3.06 bits per heavy atom. The molecule has 0 fully saturated rings. The second-order valence-corrected chi connectivity index (χ2v) is 3.68. The summed E-state index contributed by atoms with van der Waals surface area (Å²) in [5.41, 5.74) is 3.75. The number of benzene rings is 1. The van der Waals surface area contributed by atoms with Crippen LogP contribution < -0.4 is 5.48 Å². The van der Waals surface area contributed by atoms with E-state index >= 15 is 0 Å². The Balaban J connectivity index is 2.04. The number of methoxy groups -OCH3 is 1. The Bertz CT molecular complexity index is 543. The van der Waals surface area contributed by atoms with Crippen LogP contribution in [0, 0.1) is 0 Å². The Hall–Kier alpha value is -1.98. The number of hydroxylamine groups is 1. The van der Waals surface area contributed by atoms with E-state index in [1.54, 1.807) is 31.5 Å². The van der Waals surface area contributed by atoms with Crippen LogP contribution in [-0.2, 0) is 9.57 Å². The molecule has 1 N–H and O–H groups in total. The normalized spacial score (nSPS) is 10.5. The highest BCUT2D eigenvalue weighted by molar-refractivity contribution is 5.97. The quantitative estimate of drug-likeness (QED) is 0.642. The summed E-state index contributed by atoms with van der Waals surface area (Å²) in [6.45, 7) is 0.749. The molecule has 2 rings (SSSR count). The number of carbonyl (C=O) groups is 1. The summed E-state index contributed by atoms with van der Waals surface area (Å²) in [6.07, 6.45) is 1.72. The lowest BCUT2D eigenvalue weighted by Crippen LogP contribution is -2.25. The van der Waals surface area contributed by atoms with E-state index in [4.69, 9.17) is 9.57 Å².